The van der Waals surface area contributed by atoms with Gasteiger partial charge in [-0.25, -0.2) is 0 Å². The molecule has 0 aromatic heterocycles. The average molecular weight is 306 g/mol. The maximum Gasteiger partial charge on any atom is 0.231 e. The smallest absolute Gasteiger partial charge is 0.231 e. The fourth-order valence-corrected chi connectivity index (χ4v) is 2.21. The second kappa shape index (κ2) is 3.94. The number of aliphatic hydroxyl groups excluding tert-OH is 1. The Labute approximate surface area is 96.2 Å². The van der Waals surface area contributed by atoms with Gasteiger partial charge in [0.15, 0.2) is 11.5 Å². The molecule has 1 aliphatic rings. The van der Waals surface area contributed by atoms with Gasteiger partial charge < -0.3 is 14.6 Å². The molecule has 1 atom stereocenters. The van der Waals surface area contributed by atoms with E-state index in [0.717, 1.165) is 20.6 Å². The van der Waals surface area contributed by atoms with E-state index < -0.39 is 6.10 Å². The Morgan fingerprint density at radius 2 is 2.07 bits per heavy atom. The molecule has 0 saturated carbocycles. The van der Waals surface area contributed by atoms with Crippen molar-refractivity contribution in [3.8, 4) is 11.5 Å². The zero-order valence-corrected chi connectivity index (χ0v) is 9.95. The highest BCUT2D eigenvalue weighted by Crippen LogP contribution is 2.37. The van der Waals surface area contributed by atoms with Crippen LogP contribution in [-0.2, 0) is 0 Å². The molecule has 0 radical (unpaired) electrons. The lowest BCUT2D eigenvalue weighted by atomic mass is 10.1. The van der Waals surface area contributed by atoms with Crippen LogP contribution in [0.15, 0.2) is 12.1 Å². The molecule has 0 bridgehead atoms. The Morgan fingerprint density at radius 1 is 1.43 bits per heavy atom. The number of aliphatic hydroxyl groups is 1. The van der Waals surface area contributed by atoms with Crippen molar-refractivity contribution >= 4 is 22.6 Å². The number of benzene rings is 1. The number of hydrogen-bond acceptors (Lipinski definition) is 3. The van der Waals surface area contributed by atoms with Crippen molar-refractivity contribution in [1.82, 2.24) is 0 Å². The van der Waals surface area contributed by atoms with Crippen LogP contribution < -0.4 is 9.47 Å². The fraction of sp³-hybridized carbons (Fsp3) is 0.400. The minimum Gasteiger partial charge on any atom is -0.454 e. The Kier molecular flexibility index (Phi) is 2.83. The Hall–Kier alpha value is -0.490. The summed E-state index contributed by atoms with van der Waals surface area (Å²) in [6, 6.07) is 3.76. The van der Waals surface area contributed by atoms with Crippen molar-refractivity contribution in [2.45, 2.75) is 19.4 Å². The third-order valence-corrected chi connectivity index (χ3v) is 3.17. The van der Waals surface area contributed by atoms with Crippen LogP contribution in [0.1, 0.15) is 25.0 Å². The normalized spacial score (nSPS) is 15.6. The first-order chi connectivity index (χ1) is 6.72. The molecule has 0 amide bonds. The summed E-state index contributed by atoms with van der Waals surface area (Å²) in [6.07, 6.45) is 0.284. The van der Waals surface area contributed by atoms with Crippen molar-refractivity contribution in [1.29, 1.82) is 0 Å². The van der Waals surface area contributed by atoms with Crippen LogP contribution in [0.25, 0.3) is 0 Å². The van der Waals surface area contributed by atoms with Crippen LogP contribution >= 0.6 is 22.6 Å². The van der Waals surface area contributed by atoms with Crippen molar-refractivity contribution < 1.29 is 14.6 Å². The van der Waals surface area contributed by atoms with Gasteiger partial charge in [0, 0.05) is 3.57 Å². The molecule has 3 nitrogen and oxygen atoms in total. The molecule has 1 aliphatic heterocycles. The lowest BCUT2D eigenvalue weighted by Gasteiger charge is -2.11. The van der Waals surface area contributed by atoms with Crippen LogP contribution in [-0.4, -0.2) is 11.9 Å². The minimum absolute atomic E-state index is 0.275. The summed E-state index contributed by atoms with van der Waals surface area (Å²) in [5.41, 5.74) is 0.914. The highest BCUT2D eigenvalue weighted by molar-refractivity contribution is 14.1. The molecule has 0 fully saturated rings. The van der Waals surface area contributed by atoms with E-state index in [-0.39, 0.29) is 6.79 Å². The van der Waals surface area contributed by atoms with Gasteiger partial charge in [-0.1, -0.05) is 6.92 Å². The molecule has 4 heteroatoms. The van der Waals surface area contributed by atoms with Crippen molar-refractivity contribution in [2.24, 2.45) is 0 Å². The summed E-state index contributed by atoms with van der Waals surface area (Å²) in [6.45, 7) is 2.22. The largest absolute Gasteiger partial charge is 0.454 e. The first kappa shape index (κ1) is 10.0. The Morgan fingerprint density at radius 3 is 2.71 bits per heavy atom. The van der Waals surface area contributed by atoms with Gasteiger partial charge in [-0.05, 0) is 46.7 Å². The van der Waals surface area contributed by atoms with Crippen molar-refractivity contribution in [3.63, 3.8) is 0 Å². The Bertz CT molecular complexity index is 351. The Balaban J connectivity index is 2.42. The van der Waals surface area contributed by atoms with Crippen LogP contribution in [0, 0.1) is 3.57 Å². The van der Waals surface area contributed by atoms with Gasteiger partial charge in [0.2, 0.25) is 6.79 Å². The second-order valence-electron chi connectivity index (χ2n) is 3.15. The maximum atomic E-state index is 9.74. The van der Waals surface area contributed by atoms with E-state index >= 15 is 0 Å². The van der Waals surface area contributed by atoms with Crippen LogP contribution in [0.3, 0.4) is 0 Å². The molecule has 1 heterocycles. The summed E-state index contributed by atoms with van der Waals surface area (Å²) in [5.74, 6) is 1.49. The van der Waals surface area contributed by atoms with E-state index in [1.807, 2.05) is 19.1 Å². The fourth-order valence-electron chi connectivity index (χ4n) is 1.41. The SMILES string of the molecule is CC[C@H](O)c1cc2c(cc1I)OCO2. The summed E-state index contributed by atoms with van der Waals surface area (Å²) in [4.78, 5) is 0. The molecule has 1 aromatic rings. The summed E-state index contributed by atoms with van der Waals surface area (Å²) >= 11 is 2.20. The molecule has 2 rings (SSSR count). The molecule has 1 N–H and O–H groups in total. The summed E-state index contributed by atoms with van der Waals surface area (Å²) in [7, 11) is 0. The molecule has 76 valence electrons. The molecule has 0 unspecified atom stereocenters. The third kappa shape index (κ3) is 1.68. The van der Waals surface area contributed by atoms with Gasteiger partial charge >= 0.3 is 0 Å². The molecule has 0 aliphatic carbocycles. The lowest BCUT2D eigenvalue weighted by molar-refractivity contribution is 0.169. The molecular formula is C10H11IO3. The van der Waals surface area contributed by atoms with Gasteiger partial charge in [-0.2, -0.15) is 0 Å². The highest BCUT2D eigenvalue weighted by atomic mass is 127. The number of hydrogen-bond donors (Lipinski definition) is 1. The van der Waals surface area contributed by atoms with E-state index in [0.29, 0.717) is 6.42 Å². The number of fused-ring (bicyclic) bond motifs is 1. The van der Waals surface area contributed by atoms with E-state index in [1.54, 1.807) is 0 Å². The average Bonchev–Trinajstić information content (AvgIpc) is 2.62. The lowest BCUT2D eigenvalue weighted by Crippen LogP contribution is -1.98. The van der Waals surface area contributed by atoms with E-state index in [2.05, 4.69) is 22.6 Å². The quantitative estimate of drug-likeness (QED) is 0.853. The molecular weight excluding hydrogens is 295 g/mol. The van der Waals surface area contributed by atoms with Crippen LogP contribution in [0.2, 0.25) is 0 Å². The standard InChI is InChI=1S/C10H11IO3/c1-2-8(12)6-3-9-10(4-7(6)11)14-5-13-9/h3-4,8,12H,2,5H2,1H3/t8-/m0/s1. The summed E-state index contributed by atoms with van der Waals surface area (Å²) < 4.78 is 11.5. The predicted molar refractivity (Wildman–Crippen MR) is 60.5 cm³/mol. The van der Waals surface area contributed by atoms with E-state index in [9.17, 15) is 5.11 Å². The first-order valence-electron chi connectivity index (χ1n) is 4.49. The van der Waals surface area contributed by atoms with Gasteiger partial charge in [-0.15, -0.1) is 0 Å². The van der Waals surface area contributed by atoms with Crippen molar-refractivity contribution in [2.75, 3.05) is 6.79 Å². The molecule has 0 saturated heterocycles. The van der Waals surface area contributed by atoms with Crippen LogP contribution in [0.5, 0.6) is 11.5 Å². The zero-order chi connectivity index (χ0) is 10.1. The van der Waals surface area contributed by atoms with E-state index in [1.165, 1.54) is 0 Å². The van der Waals surface area contributed by atoms with Crippen molar-refractivity contribution in [3.05, 3.63) is 21.3 Å². The van der Waals surface area contributed by atoms with Crippen LogP contribution in [0.4, 0.5) is 0 Å². The molecule has 14 heavy (non-hydrogen) atoms. The maximum absolute atomic E-state index is 9.74. The first-order valence-corrected chi connectivity index (χ1v) is 5.57. The monoisotopic (exact) mass is 306 g/mol. The highest BCUT2D eigenvalue weighted by Gasteiger charge is 2.18. The predicted octanol–water partition coefficient (Wildman–Crippen LogP) is 2.46. The topological polar surface area (TPSA) is 38.7 Å². The van der Waals surface area contributed by atoms with E-state index in [4.69, 9.17) is 9.47 Å². The van der Waals surface area contributed by atoms with Gasteiger partial charge in [0.05, 0.1) is 6.10 Å². The zero-order valence-electron chi connectivity index (χ0n) is 7.79. The summed E-state index contributed by atoms with van der Waals surface area (Å²) in [5, 5.41) is 9.74. The number of ether oxygens (including phenoxy) is 2. The molecule has 1 aromatic carbocycles. The van der Waals surface area contributed by atoms with Gasteiger partial charge in [0.25, 0.3) is 0 Å². The number of rotatable bonds is 2. The molecule has 0 spiro atoms. The third-order valence-electron chi connectivity index (χ3n) is 2.24. The van der Waals surface area contributed by atoms with Gasteiger partial charge in [-0.3, -0.25) is 0 Å². The minimum atomic E-state index is -0.420. The number of halogens is 1. The van der Waals surface area contributed by atoms with Gasteiger partial charge in [0.1, 0.15) is 0 Å². The second-order valence-corrected chi connectivity index (χ2v) is 4.31.